The molecule has 3 heteroatoms. The molecule has 1 aromatic heterocycles. The van der Waals surface area contributed by atoms with Gasteiger partial charge in [-0.1, -0.05) is 18.2 Å². The van der Waals surface area contributed by atoms with Crippen LogP contribution in [0.15, 0.2) is 36.5 Å². The molecule has 1 saturated carbocycles. The van der Waals surface area contributed by atoms with Gasteiger partial charge < -0.3 is 10.8 Å². The summed E-state index contributed by atoms with van der Waals surface area (Å²) in [6, 6.07) is 10.2. The van der Waals surface area contributed by atoms with Crippen LogP contribution in [-0.2, 0) is 6.42 Å². The van der Waals surface area contributed by atoms with E-state index in [0.717, 1.165) is 29.3 Å². The van der Waals surface area contributed by atoms with Crippen LogP contribution < -0.4 is 5.73 Å². The normalized spacial score (nSPS) is 27.8. The largest absolute Gasteiger partial charge is 0.389 e. The molecule has 0 amide bonds. The zero-order valence-corrected chi connectivity index (χ0v) is 10.3. The van der Waals surface area contributed by atoms with Crippen molar-refractivity contribution in [3.63, 3.8) is 0 Å². The second-order valence-corrected chi connectivity index (χ2v) is 5.39. The van der Waals surface area contributed by atoms with Crippen molar-refractivity contribution < 1.29 is 5.11 Å². The highest BCUT2D eigenvalue weighted by Gasteiger charge is 2.35. The van der Waals surface area contributed by atoms with Gasteiger partial charge in [0.2, 0.25) is 0 Å². The summed E-state index contributed by atoms with van der Waals surface area (Å²) in [4.78, 5) is 4.35. The number of para-hydroxylation sites is 1. The van der Waals surface area contributed by atoms with Gasteiger partial charge in [0, 0.05) is 24.0 Å². The SMILES string of the molecule is NC1CCC(O)(Cc2ccnc3ccccc23)C1. The van der Waals surface area contributed by atoms with E-state index in [1.165, 1.54) is 0 Å². The number of aliphatic hydroxyl groups is 1. The number of fused-ring (bicyclic) bond motifs is 1. The predicted octanol–water partition coefficient (Wildman–Crippen LogP) is 2.02. The molecule has 3 rings (SSSR count). The quantitative estimate of drug-likeness (QED) is 0.847. The highest BCUT2D eigenvalue weighted by molar-refractivity contribution is 5.81. The lowest BCUT2D eigenvalue weighted by atomic mass is 9.91. The van der Waals surface area contributed by atoms with Crippen LogP contribution >= 0.6 is 0 Å². The van der Waals surface area contributed by atoms with Crippen molar-refractivity contribution in [2.24, 2.45) is 5.73 Å². The average Bonchev–Trinajstić information content (AvgIpc) is 2.70. The molecule has 1 fully saturated rings. The summed E-state index contributed by atoms with van der Waals surface area (Å²) in [5, 5.41) is 11.7. The van der Waals surface area contributed by atoms with Crippen molar-refractivity contribution in [3.8, 4) is 0 Å². The third kappa shape index (κ3) is 2.11. The lowest BCUT2D eigenvalue weighted by Gasteiger charge is -2.23. The number of aromatic nitrogens is 1. The first-order valence-corrected chi connectivity index (χ1v) is 6.47. The summed E-state index contributed by atoms with van der Waals surface area (Å²) in [5.41, 5.74) is 7.42. The highest BCUT2D eigenvalue weighted by atomic mass is 16.3. The fourth-order valence-electron chi connectivity index (χ4n) is 2.97. The Hall–Kier alpha value is -1.45. The number of nitrogens with two attached hydrogens (primary N) is 1. The second-order valence-electron chi connectivity index (χ2n) is 5.39. The maximum absolute atomic E-state index is 10.6. The minimum Gasteiger partial charge on any atom is -0.389 e. The van der Waals surface area contributed by atoms with E-state index in [0.29, 0.717) is 12.8 Å². The molecule has 1 aliphatic rings. The minimum absolute atomic E-state index is 0.142. The van der Waals surface area contributed by atoms with Gasteiger partial charge in [-0.15, -0.1) is 0 Å². The fourth-order valence-corrected chi connectivity index (χ4v) is 2.97. The van der Waals surface area contributed by atoms with E-state index < -0.39 is 5.60 Å². The number of hydrogen-bond acceptors (Lipinski definition) is 3. The van der Waals surface area contributed by atoms with Crippen LogP contribution in [0.4, 0.5) is 0 Å². The van der Waals surface area contributed by atoms with Crippen molar-refractivity contribution >= 4 is 10.9 Å². The van der Waals surface area contributed by atoms with E-state index >= 15 is 0 Å². The highest BCUT2D eigenvalue weighted by Crippen LogP contribution is 2.33. The number of rotatable bonds is 2. The van der Waals surface area contributed by atoms with Crippen LogP contribution in [0.5, 0.6) is 0 Å². The molecule has 1 aliphatic carbocycles. The van der Waals surface area contributed by atoms with Gasteiger partial charge in [-0.3, -0.25) is 4.98 Å². The average molecular weight is 242 g/mol. The summed E-state index contributed by atoms with van der Waals surface area (Å²) >= 11 is 0. The monoisotopic (exact) mass is 242 g/mol. The molecule has 0 spiro atoms. The zero-order valence-electron chi connectivity index (χ0n) is 10.3. The van der Waals surface area contributed by atoms with Crippen LogP contribution in [0.2, 0.25) is 0 Å². The molecule has 0 aliphatic heterocycles. The Morgan fingerprint density at radius 1 is 1.33 bits per heavy atom. The van der Waals surface area contributed by atoms with Crippen molar-refractivity contribution in [1.29, 1.82) is 0 Å². The summed E-state index contributed by atoms with van der Waals surface area (Å²) in [5.74, 6) is 0. The van der Waals surface area contributed by atoms with Crippen molar-refractivity contribution in [1.82, 2.24) is 4.98 Å². The fraction of sp³-hybridized carbons (Fsp3) is 0.400. The molecule has 0 radical (unpaired) electrons. The van der Waals surface area contributed by atoms with Gasteiger partial charge >= 0.3 is 0 Å². The van der Waals surface area contributed by atoms with Crippen LogP contribution in [0, 0.1) is 0 Å². The van der Waals surface area contributed by atoms with Gasteiger partial charge in [-0.25, -0.2) is 0 Å². The molecule has 3 nitrogen and oxygen atoms in total. The Morgan fingerprint density at radius 3 is 2.94 bits per heavy atom. The Kier molecular flexibility index (Phi) is 2.80. The molecule has 18 heavy (non-hydrogen) atoms. The Labute approximate surface area is 107 Å². The van der Waals surface area contributed by atoms with E-state index in [1.54, 1.807) is 0 Å². The molecule has 2 unspecified atom stereocenters. The maximum atomic E-state index is 10.6. The number of pyridine rings is 1. The van der Waals surface area contributed by atoms with E-state index in [2.05, 4.69) is 11.1 Å². The van der Waals surface area contributed by atoms with Gasteiger partial charge in [0.1, 0.15) is 0 Å². The molecule has 0 saturated heterocycles. The van der Waals surface area contributed by atoms with E-state index in [4.69, 9.17) is 5.73 Å². The summed E-state index contributed by atoms with van der Waals surface area (Å²) < 4.78 is 0. The third-order valence-corrected chi connectivity index (χ3v) is 3.88. The van der Waals surface area contributed by atoms with Crippen LogP contribution in [-0.4, -0.2) is 21.7 Å². The van der Waals surface area contributed by atoms with Gasteiger partial charge in [-0.05, 0) is 37.0 Å². The molecule has 3 N–H and O–H groups in total. The first-order valence-electron chi connectivity index (χ1n) is 6.47. The molecule has 1 heterocycles. The van der Waals surface area contributed by atoms with Crippen molar-refractivity contribution in [3.05, 3.63) is 42.1 Å². The first-order chi connectivity index (χ1) is 8.66. The standard InChI is InChI=1S/C15H18N2O/c16-12-5-7-15(18,10-12)9-11-6-8-17-14-4-2-1-3-13(11)14/h1-4,6,8,12,18H,5,7,9-10,16H2. The topological polar surface area (TPSA) is 59.1 Å². The lowest BCUT2D eigenvalue weighted by molar-refractivity contribution is 0.0472. The van der Waals surface area contributed by atoms with Crippen molar-refractivity contribution in [2.75, 3.05) is 0 Å². The molecular weight excluding hydrogens is 224 g/mol. The molecule has 0 bridgehead atoms. The van der Waals surface area contributed by atoms with E-state index in [9.17, 15) is 5.11 Å². The smallest absolute Gasteiger partial charge is 0.0704 e. The molecule has 1 aromatic carbocycles. The van der Waals surface area contributed by atoms with Crippen LogP contribution in [0.3, 0.4) is 0 Å². The van der Waals surface area contributed by atoms with Gasteiger partial charge in [0.05, 0.1) is 11.1 Å². The molecule has 2 aromatic rings. The van der Waals surface area contributed by atoms with Gasteiger partial charge in [0.25, 0.3) is 0 Å². The molecule has 94 valence electrons. The Balaban J connectivity index is 1.95. The minimum atomic E-state index is -0.635. The summed E-state index contributed by atoms with van der Waals surface area (Å²) in [6.07, 6.45) is 4.90. The van der Waals surface area contributed by atoms with Crippen LogP contribution in [0.25, 0.3) is 10.9 Å². The number of nitrogens with zero attached hydrogens (tertiary/aromatic N) is 1. The molecule has 2 atom stereocenters. The summed E-state index contributed by atoms with van der Waals surface area (Å²) in [7, 11) is 0. The third-order valence-electron chi connectivity index (χ3n) is 3.88. The molecular formula is C15H18N2O. The maximum Gasteiger partial charge on any atom is 0.0704 e. The van der Waals surface area contributed by atoms with Gasteiger partial charge in [0.15, 0.2) is 0 Å². The summed E-state index contributed by atoms with van der Waals surface area (Å²) in [6.45, 7) is 0. The second kappa shape index (κ2) is 4.34. The van der Waals surface area contributed by atoms with Crippen LogP contribution in [0.1, 0.15) is 24.8 Å². The number of benzene rings is 1. The number of hydrogen-bond donors (Lipinski definition) is 2. The van der Waals surface area contributed by atoms with E-state index in [-0.39, 0.29) is 6.04 Å². The zero-order chi connectivity index (χ0) is 12.6. The van der Waals surface area contributed by atoms with E-state index in [1.807, 2.05) is 30.5 Å². The van der Waals surface area contributed by atoms with Crippen molar-refractivity contribution in [2.45, 2.75) is 37.3 Å². The Bertz CT molecular complexity index is 564. The predicted molar refractivity (Wildman–Crippen MR) is 72.2 cm³/mol. The Morgan fingerprint density at radius 2 is 2.17 bits per heavy atom. The van der Waals surface area contributed by atoms with Gasteiger partial charge in [-0.2, -0.15) is 0 Å². The first kappa shape index (κ1) is 11.6. The lowest BCUT2D eigenvalue weighted by Crippen LogP contribution is -2.30.